The van der Waals surface area contributed by atoms with Crippen LogP contribution < -0.4 is 5.32 Å². The van der Waals surface area contributed by atoms with Crippen molar-refractivity contribution in [2.24, 2.45) is 10.4 Å². The van der Waals surface area contributed by atoms with E-state index in [4.69, 9.17) is 9.73 Å². The second kappa shape index (κ2) is 6.54. The van der Waals surface area contributed by atoms with Crippen LogP contribution in [0.1, 0.15) is 35.3 Å². The van der Waals surface area contributed by atoms with Gasteiger partial charge in [0.25, 0.3) is 0 Å². The summed E-state index contributed by atoms with van der Waals surface area (Å²) in [6, 6.07) is 0. The van der Waals surface area contributed by atoms with Gasteiger partial charge in [0.05, 0.1) is 18.8 Å². The summed E-state index contributed by atoms with van der Waals surface area (Å²) < 4.78 is 5.62. The molecular formula is C16H26N4OS. The summed E-state index contributed by atoms with van der Waals surface area (Å²) in [6.07, 6.45) is 2.40. The first-order valence-electron chi connectivity index (χ1n) is 8.16. The molecule has 1 N–H and O–H groups in total. The highest BCUT2D eigenvalue weighted by molar-refractivity contribution is 7.11. The molecule has 1 atom stereocenters. The van der Waals surface area contributed by atoms with Crippen molar-refractivity contribution in [3.8, 4) is 0 Å². The summed E-state index contributed by atoms with van der Waals surface area (Å²) >= 11 is 1.75. The molecule has 22 heavy (non-hydrogen) atoms. The van der Waals surface area contributed by atoms with Gasteiger partial charge in [-0.1, -0.05) is 0 Å². The molecule has 2 aliphatic heterocycles. The fourth-order valence-corrected chi connectivity index (χ4v) is 4.12. The minimum absolute atomic E-state index is 0.366. The predicted molar refractivity (Wildman–Crippen MR) is 90.5 cm³/mol. The Bertz CT molecular complexity index is 529. The lowest BCUT2D eigenvalue weighted by Crippen LogP contribution is -2.41. The maximum Gasteiger partial charge on any atom is 0.194 e. The van der Waals surface area contributed by atoms with Crippen LogP contribution in [0.4, 0.5) is 0 Å². The number of aromatic nitrogens is 1. The number of nitrogens with zero attached hydrogens (tertiary/aromatic N) is 3. The molecule has 0 amide bonds. The number of nitrogens with one attached hydrogen (secondary N) is 1. The van der Waals surface area contributed by atoms with E-state index < -0.39 is 0 Å². The van der Waals surface area contributed by atoms with E-state index in [0.29, 0.717) is 12.0 Å². The quantitative estimate of drug-likeness (QED) is 0.685. The highest BCUT2D eigenvalue weighted by Crippen LogP contribution is 2.38. The van der Waals surface area contributed by atoms with Crippen molar-refractivity contribution in [3.63, 3.8) is 0 Å². The minimum Gasteiger partial charge on any atom is -0.381 e. The molecule has 0 aliphatic carbocycles. The first kappa shape index (κ1) is 15.7. The summed E-state index contributed by atoms with van der Waals surface area (Å²) in [5.74, 6) is 1.02. The molecule has 2 saturated heterocycles. The van der Waals surface area contributed by atoms with Crippen LogP contribution in [0.5, 0.6) is 0 Å². The van der Waals surface area contributed by atoms with E-state index in [1.54, 1.807) is 11.3 Å². The Morgan fingerprint density at radius 3 is 2.95 bits per heavy atom. The second-order valence-electron chi connectivity index (χ2n) is 6.39. The maximum atomic E-state index is 5.62. The zero-order valence-corrected chi connectivity index (χ0v) is 14.6. The Morgan fingerprint density at radius 1 is 1.45 bits per heavy atom. The fourth-order valence-electron chi connectivity index (χ4n) is 3.26. The maximum absolute atomic E-state index is 5.62. The minimum atomic E-state index is 0.366. The van der Waals surface area contributed by atoms with E-state index in [1.165, 1.54) is 17.7 Å². The van der Waals surface area contributed by atoms with E-state index in [2.05, 4.69) is 36.0 Å². The van der Waals surface area contributed by atoms with Crippen molar-refractivity contribution >= 4 is 17.3 Å². The Labute approximate surface area is 136 Å². The van der Waals surface area contributed by atoms with Crippen molar-refractivity contribution in [3.05, 3.63) is 15.6 Å². The molecule has 1 aromatic heterocycles. The fraction of sp³-hybridized carbons (Fsp3) is 0.750. The van der Waals surface area contributed by atoms with Gasteiger partial charge in [0.2, 0.25) is 0 Å². The van der Waals surface area contributed by atoms with Crippen LogP contribution in [0.3, 0.4) is 0 Å². The molecule has 1 spiro atoms. The van der Waals surface area contributed by atoms with Gasteiger partial charge in [-0.05, 0) is 33.6 Å². The van der Waals surface area contributed by atoms with Crippen LogP contribution in [0.2, 0.25) is 0 Å². The molecule has 122 valence electrons. The predicted octanol–water partition coefficient (Wildman–Crippen LogP) is 2.34. The number of hydrogen-bond acceptors (Lipinski definition) is 4. The van der Waals surface area contributed by atoms with Gasteiger partial charge in [-0.2, -0.15) is 0 Å². The smallest absolute Gasteiger partial charge is 0.194 e. The van der Waals surface area contributed by atoms with E-state index in [0.717, 1.165) is 49.5 Å². The summed E-state index contributed by atoms with van der Waals surface area (Å²) in [5, 5.41) is 4.54. The number of guanidine groups is 1. The largest absolute Gasteiger partial charge is 0.381 e. The third-order valence-corrected chi connectivity index (χ3v) is 5.75. The van der Waals surface area contributed by atoms with Crippen LogP contribution in [0.15, 0.2) is 4.99 Å². The summed E-state index contributed by atoms with van der Waals surface area (Å²) in [5.41, 5.74) is 1.49. The molecule has 1 unspecified atom stereocenters. The number of aliphatic imine (C=N–C) groups is 1. The van der Waals surface area contributed by atoms with Crippen LogP contribution in [0, 0.1) is 19.3 Å². The molecule has 2 fully saturated rings. The Balaban J connectivity index is 1.68. The van der Waals surface area contributed by atoms with Gasteiger partial charge in [-0.3, -0.25) is 0 Å². The highest BCUT2D eigenvalue weighted by atomic mass is 32.1. The number of aryl methyl sites for hydroxylation is 2. The van der Waals surface area contributed by atoms with Crippen LogP contribution >= 0.6 is 11.3 Å². The van der Waals surface area contributed by atoms with Crippen LogP contribution in [0.25, 0.3) is 0 Å². The van der Waals surface area contributed by atoms with Gasteiger partial charge in [-0.15, -0.1) is 11.3 Å². The number of likely N-dealkylation sites (tertiary alicyclic amines) is 1. The third-order valence-electron chi connectivity index (χ3n) is 4.69. The van der Waals surface area contributed by atoms with Crippen molar-refractivity contribution < 1.29 is 4.74 Å². The molecule has 3 heterocycles. The van der Waals surface area contributed by atoms with E-state index in [-0.39, 0.29) is 0 Å². The van der Waals surface area contributed by atoms with E-state index in [1.807, 2.05) is 0 Å². The first-order valence-corrected chi connectivity index (χ1v) is 8.97. The molecule has 5 nitrogen and oxygen atoms in total. The molecule has 0 radical (unpaired) electrons. The molecule has 3 rings (SSSR count). The summed E-state index contributed by atoms with van der Waals surface area (Å²) in [4.78, 5) is 13.1. The Hall–Kier alpha value is -1.14. The van der Waals surface area contributed by atoms with Gasteiger partial charge < -0.3 is 15.0 Å². The van der Waals surface area contributed by atoms with Crippen LogP contribution in [-0.4, -0.2) is 48.7 Å². The zero-order valence-electron chi connectivity index (χ0n) is 13.8. The lowest BCUT2D eigenvalue weighted by molar-refractivity contribution is 0.156. The monoisotopic (exact) mass is 322 g/mol. The highest BCUT2D eigenvalue weighted by Gasteiger charge is 2.42. The second-order valence-corrected chi connectivity index (χ2v) is 7.68. The molecule has 0 bridgehead atoms. The van der Waals surface area contributed by atoms with Crippen molar-refractivity contribution in [1.29, 1.82) is 0 Å². The Kier molecular flexibility index (Phi) is 4.68. The van der Waals surface area contributed by atoms with Crippen molar-refractivity contribution in [2.75, 3.05) is 32.8 Å². The number of ether oxygens (including phenoxy) is 1. The third kappa shape index (κ3) is 3.27. The molecule has 6 heteroatoms. The first-order chi connectivity index (χ1) is 10.6. The van der Waals surface area contributed by atoms with E-state index in [9.17, 15) is 0 Å². The molecule has 1 aromatic rings. The number of rotatable bonds is 3. The van der Waals surface area contributed by atoms with Crippen LogP contribution in [-0.2, 0) is 11.3 Å². The van der Waals surface area contributed by atoms with Crippen molar-refractivity contribution in [1.82, 2.24) is 15.2 Å². The summed E-state index contributed by atoms with van der Waals surface area (Å²) in [6.45, 7) is 11.8. The van der Waals surface area contributed by atoms with E-state index >= 15 is 0 Å². The standard InChI is InChI=1S/C16H26N4OS/c1-4-17-15(18-9-14-19-12(2)13(3)22-14)20-7-5-16(10-20)6-8-21-11-16/h4-11H2,1-3H3,(H,17,18). The topological polar surface area (TPSA) is 49.8 Å². The van der Waals surface area contributed by atoms with Crippen molar-refractivity contribution in [2.45, 2.75) is 40.2 Å². The van der Waals surface area contributed by atoms with Gasteiger partial charge >= 0.3 is 0 Å². The normalized spacial score (nSPS) is 25.4. The number of thiazole rings is 1. The van der Waals surface area contributed by atoms with Gasteiger partial charge in [0.1, 0.15) is 5.01 Å². The lowest BCUT2D eigenvalue weighted by atomic mass is 9.87. The SMILES string of the molecule is CCNC(=NCc1nc(C)c(C)s1)N1CCC2(CCOC2)C1. The molecular weight excluding hydrogens is 296 g/mol. The molecule has 0 aromatic carbocycles. The summed E-state index contributed by atoms with van der Waals surface area (Å²) in [7, 11) is 0. The molecule has 0 saturated carbocycles. The zero-order chi connectivity index (χ0) is 15.6. The molecule has 2 aliphatic rings. The number of hydrogen-bond donors (Lipinski definition) is 1. The average Bonchev–Trinajstić information content (AvgIpc) is 3.20. The Morgan fingerprint density at radius 2 is 2.32 bits per heavy atom. The van der Waals surface area contributed by atoms with Gasteiger partial charge in [0.15, 0.2) is 5.96 Å². The average molecular weight is 322 g/mol. The van der Waals surface area contributed by atoms with Gasteiger partial charge in [-0.25, -0.2) is 9.98 Å². The van der Waals surface area contributed by atoms with Gasteiger partial charge in [0, 0.05) is 36.5 Å². The lowest BCUT2D eigenvalue weighted by Gasteiger charge is -2.24.